The molecule has 0 bridgehead atoms. The zero-order valence-electron chi connectivity index (χ0n) is 7.89. The molecule has 0 aliphatic rings. The summed E-state index contributed by atoms with van der Waals surface area (Å²) in [6, 6.07) is 0. The molecule has 0 rings (SSSR count). The fourth-order valence-electron chi connectivity index (χ4n) is 0.401. The minimum Gasteiger partial charge on any atom is -0.303 e. The monoisotopic (exact) mass is 158 g/mol. The first-order chi connectivity index (χ1) is 5.00. The van der Waals surface area contributed by atoms with Crippen molar-refractivity contribution in [3.8, 4) is 0 Å². The molecule has 0 radical (unpaired) electrons. The molecule has 0 N–H and O–H groups in total. The number of carbonyl (C=O) groups is 2. The van der Waals surface area contributed by atoms with Crippen molar-refractivity contribution in [2.45, 2.75) is 40.5 Å². The molecule has 11 heavy (non-hydrogen) atoms. The zero-order valence-corrected chi connectivity index (χ0v) is 7.89. The molecule has 0 unspecified atom stereocenters. The van der Waals surface area contributed by atoms with Crippen molar-refractivity contribution < 1.29 is 9.59 Å². The Balaban J connectivity index is 0. The molecule has 2 heteroatoms. The van der Waals surface area contributed by atoms with Crippen LogP contribution in [0.1, 0.15) is 40.5 Å². The summed E-state index contributed by atoms with van der Waals surface area (Å²) in [6.07, 6.45) is 2.72. The van der Waals surface area contributed by atoms with Gasteiger partial charge in [-0.3, -0.25) is 0 Å². The lowest BCUT2D eigenvalue weighted by atomic mass is 10.1. The van der Waals surface area contributed by atoms with Gasteiger partial charge in [-0.1, -0.05) is 13.8 Å². The first kappa shape index (κ1) is 13.0. The second-order valence-corrected chi connectivity index (χ2v) is 3.05. The Labute approximate surface area is 69.0 Å². The quantitative estimate of drug-likeness (QED) is 0.590. The molecule has 0 atom stereocenters. The van der Waals surface area contributed by atoms with Crippen molar-refractivity contribution in [3.63, 3.8) is 0 Å². The molecule has 0 saturated carbocycles. The van der Waals surface area contributed by atoms with E-state index in [1.807, 2.05) is 0 Å². The van der Waals surface area contributed by atoms with E-state index in [0.717, 1.165) is 19.1 Å². The summed E-state index contributed by atoms with van der Waals surface area (Å²) in [7, 11) is 0. The summed E-state index contributed by atoms with van der Waals surface area (Å²) in [5.74, 6) is 0.838. The number of Topliss-reactive ketones (excluding diaryl/α,β-unsaturated/α-hetero) is 1. The third kappa shape index (κ3) is 45.1. The lowest BCUT2D eigenvalue weighted by Gasteiger charge is -1.95. The van der Waals surface area contributed by atoms with Crippen LogP contribution in [0.4, 0.5) is 0 Å². The Morgan fingerprint density at radius 3 is 1.82 bits per heavy atom. The Bertz CT molecular complexity index is 102. The van der Waals surface area contributed by atoms with Crippen molar-refractivity contribution in [1.82, 2.24) is 0 Å². The van der Waals surface area contributed by atoms with Crippen molar-refractivity contribution in [3.05, 3.63) is 0 Å². The molecule has 0 saturated heterocycles. The largest absolute Gasteiger partial charge is 0.303 e. The van der Waals surface area contributed by atoms with Crippen molar-refractivity contribution in [2.75, 3.05) is 0 Å². The number of aldehydes is 1. The van der Waals surface area contributed by atoms with Crippen LogP contribution in [0.3, 0.4) is 0 Å². The summed E-state index contributed by atoms with van der Waals surface area (Å²) in [6.45, 7) is 7.28. The molecular weight excluding hydrogens is 140 g/mol. The molecule has 0 aliphatic carbocycles. The van der Waals surface area contributed by atoms with Crippen LogP contribution in [0.25, 0.3) is 0 Å². The van der Waals surface area contributed by atoms with Gasteiger partial charge in [0.2, 0.25) is 0 Å². The minimum atomic E-state index is 0.167. The molecule has 0 aromatic rings. The Kier molecular flexibility index (Phi) is 11.0. The fraction of sp³-hybridized carbons (Fsp3) is 0.778. The van der Waals surface area contributed by atoms with Crippen LogP contribution in [-0.2, 0) is 9.59 Å². The molecule has 66 valence electrons. The lowest BCUT2D eigenvalue weighted by molar-refractivity contribution is -0.115. The first-order valence-corrected chi connectivity index (χ1v) is 3.91. The highest BCUT2D eigenvalue weighted by molar-refractivity contribution is 5.72. The maximum absolute atomic E-state index is 9.71. The highest BCUT2D eigenvalue weighted by atomic mass is 16.1. The number of hydrogen-bond donors (Lipinski definition) is 0. The van der Waals surface area contributed by atoms with E-state index in [0.29, 0.717) is 5.92 Å². The van der Waals surface area contributed by atoms with Gasteiger partial charge >= 0.3 is 0 Å². The average molecular weight is 158 g/mol. The predicted molar refractivity (Wildman–Crippen MR) is 46.5 cm³/mol. The SMILES string of the molecule is CC(C)=O.CC(C)CCC=O. The van der Waals surface area contributed by atoms with Gasteiger partial charge in [-0.2, -0.15) is 0 Å². The summed E-state index contributed by atoms with van der Waals surface area (Å²) in [5.41, 5.74) is 0. The Morgan fingerprint density at radius 1 is 1.36 bits per heavy atom. The second-order valence-electron chi connectivity index (χ2n) is 3.05. The smallest absolute Gasteiger partial charge is 0.126 e. The summed E-state index contributed by atoms with van der Waals surface area (Å²) in [4.78, 5) is 19.2. The first-order valence-electron chi connectivity index (χ1n) is 3.91. The van der Waals surface area contributed by atoms with Gasteiger partial charge in [-0.05, 0) is 26.2 Å². The third-order valence-electron chi connectivity index (χ3n) is 0.862. The van der Waals surface area contributed by atoms with E-state index < -0.39 is 0 Å². The molecular formula is C9H18O2. The van der Waals surface area contributed by atoms with Crippen LogP contribution < -0.4 is 0 Å². The highest BCUT2D eigenvalue weighted by Gasteiger charge is 1.88. The predicted octanol–water partition coefficient (Wildman–Crippen LogP) is 2.22. The van der Waals surface area contributed by atoms with E-state index in [1.165, 1.54) is 13.8 Å². The second kappa shape index (κ2) is 9.34. The van der Waals surface area contributed by atoms with E-state index in [1.54, 1.807) is 0 Å². The number of rotatable bonds is 3. The minimum absolute atomic E-state index is 0.167. The molecule has 0 spiro atoms. The molecule has 0 aliphatic heterocycles. The Morgan fingerprint density at radius 2 is 1.73 bits per heavy atom. The van der Waals surface area contributed by atoms with Crippen LogP contribution >= 0.6 is 0 Å². The standard InChI is InChI=1S/C6H12O.C3H6O/c1-6(2)4-3-5-7;1-3(2)4/h5-6H,3-4H2,1-2H3;1-2H3. The molecule has 2 nitrogen and oxygen atoms in total. The number of hydrogen-bond acceptors (Lipinski definition) is 2. The number of ketones is 1. The van der Waals surface area contributed by atoms with Crippen LogP contribution in [0.5, 0.6) is 0 Å². The molecule has 0 aromatic carbocycles. The molecule has 0 fully saturated rings. The maximum atomic E-state index is 9.71. The molecule has 0 heterocycles. The summed E-state index contributed by atoms with van der Waals surface area (Å²) < 4.78 is 0. The van der Waals surface area contributed by atoms with E-state index in [2.05, 4.69) is 13.8 Å². The van der Waals surface area contributed by atoms with Crippen LogP contribution in [0, 0.1) is 5.92 Å². The van der Waals surface area contributed by atoms with Crippen LogP contribution in [-0.4, -0.2) is 12.1 Å². The zero-order chi connectivity index (χ0) is 9.28. The number of carbonyl (C=O) groups excluding carboxylic acids is 2. The van der Waals surface area contributed by atoms with Gasteiger partial charge in [-0.25, -0.2) is 0 Å². The van der Waals surface area contributed by atoms with Gasteiger partial charge < -0.3 is 9.59 Å². The summed E-state index contributed by atoms with van der Waals surface area (Å²) in [5, 5.41) is 0. The topological polar surface area (TPSA) is 34.1 Å². The molecule has 0 amide bonds. The van der Waals surface area contributed by atoms with E-state index >= 15 is 0 Å². The van der Waals surface area contributed by atoms with Crippen LogP contribution in [0.2, 0.25) is 0 Å². The van der Waals surface area contributed by atoms with E-state index in [9.17, 15) is 9.59 Å². The van der Waals surface area contributed by atoms with E-state index in [4.69, 9.17) is 0 Å². The third-order valence-corrected chi connectivity index (χ3v) is 0.862. The lowest BCUT2D eigenvalue weighted by Crippen LogP contribution is -1.85. The maximum Gasteiger partial charge on any atom is 0.126 e. The van der Waals surface area contributed by atoms with Crippen LogP contribution in [0.15, 0.2) is 0 Å². The van der Waals surface area contributed by atoms with E-state index in [-0.39, 0.29) is 5.78 Å². The normalized spacial score (nSPS) is 8.45. The van der Waals surface area contributed by atoms with Crippen molar-refractivity contribution in [1.29, 1.82) is 0 Å². The fourth-order valence-corrected chi connectivity index (χ4v) is 0.401. The van der Waals surface area contributed by atoms with Gasteiger partial charge in [-0.15, -0.1) is 0 Å². The van der Waals surface area contributed by atoms with Crippen molar-refractivity contribution in [2.24, 2.45) is 5.92 Å². The highest BCUT2D eigenvalue weighted by Crippen LogP contribution is 1.99. The summed E-state index contributed by atoms with van der Waals surface area (Å²) >= 11 is 0. The average Bonchev–Trinajstić information content (AvgIpc) is 1.82. The van der Waals surface area contributed by atoms with Gasteiger partial charge in [0, 0.05) is 6.42 Å². The van der Waals surface area contributed by atoms with Crippen molar-refractivity contribution >= 4 is 12.1 Å². The molecule has 0 aromatic heterocycles. The van der Waals surface area contributed by atoms with Gasteiger partial charge in [0.25, 0.3) is 0 Å². The van der Waals surface area contributed by atoms with Gasteiger partial charge in [0.1, 0.15) is 12.1 Å². The van der Waals surface area contributed by atoms with Gasteiger partial charge in [0.05, 0.1) is 0 Å². The Hall–Kier alpha value is -0.660. The van der Waals surface area contributed by atoms with Gasteiger partial charge in [0.15, 0.2) is 0 Å².